The average Bonchev–Trinajstić information content (AvgIpc) is 3.37. The zero-order valence-corrected chi connectivity index (χ0v) is 23.5. The van der Waals surface area contributed by atoms with Gasteiger partial charge in [-0.3, -0.25) is 4.79 Å². The molecule has 1 heterocycles. The molecule has 2 unspecified atom stereocenters. The van der Waals surface area contributed by atoms with E-state index in [9.17, 15) is 14.4 Å². The van der Waals surface area contributed by atoms with E-state index in [0.29, 0.717) is 17.8 Å². The van der Waals surface area contributed by atoms with Gasteiger partial charge < -0.3 is 20.1 Å². The minimum atomic E-state index is -0.779. The number of carbonyl (C=O) groups excluding carboxylic acids is 3. The first-order valence-electron chi connectivity index (χ1n) is 13.0. The molecule has 0 bridgehead atoms. The van der Waals surface area contributed by atoms with Crippen LogP contribution in [0.15, 0.2) is 47.8 Å². The molecule has 9 heteroatoms. The van der Waals surface area contributed by atoms with Crippen LogP contribution in [0.25, 0.3) is 10.8 Å². The van der Waals surface area contributed by atoms with Crippen molar-refractivity contribution in [2.75, 3.05) is 6.61 Å². The van der Waals surface area contributed by atoms with Gasteiger partial charge in [0.15, 0.2) is 5.69 Å². The molecular formula is C29H37N3O5S. The molecule has 0 spiro atoms. The Balaban J connectivity index is 1.66. The lowest BCUT2D eigenvalue weighted by Gasteiger charge is -2.24. The highest BCUT2D eigenvalue weighted by molar-refractivity contribution is 7.09. The van der Waals surface area contributed by atoms with Crippen LogP contribution >= 0.6 is 11.3 Å². The van der Waals surface area contributed by atoms with Crippen LogP contribution in [-0.4, -0.2) is 35.6 Å². The highest BCUT2D eigenvalue weighted by atomic mass is 32.1. The standard InChI is InChI=1S/C29H37N3O5S/c1-6-36-28(34)25-17-38-27(31-25)24(14-19(4)5)30-26(33)23(13-18(2)3)32-29(35)37-16-20-11-12-21-9-7-8-10-22(21)15-20/h7-12,15,17-19,23-24H,6,13-14,16H2,1-5H3,(H,30,33)(H,32,35). The summed E-state index contributed by atoms with van der Waals surface area (Å²) in [5, 5.41) is 10.2. The van der Waals surface area contributed by atoms with Gasteiger partial charge in [-0.1, -0.05) is 64.1 Å². The fraction of sp³-hybridized carbons (Fsp3) is 0.448. The van der Waals surface area contributed by atoms with Gasteiger partial charge in [0.05, 0.1) is 12.6 Å². The Bertz CT molecular complexity index is 1240. The summed E-state index contributed by atoms with van der Waals surface area (Å²) in [5.74, 6) is -0.387. The van der Waals surface area contributed by atoms with E-state index in [1.54, 1.807) is 12.3 Å². The lowest BCUT2D eigenvalue weighted by atomic mass is 10.0. The van der Waals surface area contributed by atoms with E-state index in [-0.39, 0.29) is 36.7 Å². The maximum Gasteiger partial charge on any atom is 0.408 e. The third-order valence-electron chi connectivity index (χ3n) is 5.83. The van der Waals surface area contributed by atoms with Crippen molar-refractivity contribution in [2.24, 2.45) is 11.8 Å². The Hall–Kier alpha value is -3.46. The summed E-state index contributed by atoms with van der Waals surface area (Å²) >= 11 is 1.30. The second kappa shape index (κ2) is 13.9. The quantitative estimate of drug-likeness (QED) is 0.273. The van der Waals surface area contributed by atoms with Crippen molar-refractivity contribution in [3.05, 3.63) is 64.1 Å². The van der Waals surface area contributed by atoms with Crippen LogP contribution in [0.1, 0.15) is 74.6 Å². The summed E-state index contributed by atoms with van der Waals surface area (Å²) in [6.45, 7) is 10.2. The van der Waals surface area contributed by atoms with Crippen LogP contribution in [-0.2, 0) is 20.9 Å². The second-order valence-electron chi connectivity index (χ2n) is 10.1. The molecule has 2 aromatic carbocycles. The predicted octanol–water partition coefficient (Wildman–Crippen LogP) is 6.02. The van der Waals surface area contributed by atoms with Crippen molar-refractivity contribution < 1.29 is 23.9 Å². The van der Waals surface area contributed by atoms with E-state index in [1.807, 2.05) is 70.2 Å². The molecule has 2 atom stereocenters. The van der Waals surface area contributed by atoms with Gasteiger partial charge in [-0.15, -0.1) is 11.3 Å². The summed E-state index contributed by atoms with van der Waals surface area (Å²) in [6, 6.07) is 12.7. The third-order valence-corrected chi connectivity index (χ3v) is 6.79. The first-order chi connectivity index (χ1) is 18.2. The Morgan fingerprint density at radius 1 is 0.921 bits per heavy atom. The van der Waals surface area contributed by atoms with Gasteiger partial charge in [-0.05, 0) is 54.0 Å². The van der Waals surface area contributed by atoms with Crippen molar-refractivity contribution in [1.29, 1.82) is 0 Å². The van der Waals surface area contributed by atoms with Gasteiger partial charge in [-0.25, -0.2) is 14.6 Å². The highest BCUT2D eigenvalue weighted by Gasteiger charge is 2.28. The molecule has 0 saturated carbocycles. The van der Waals surface area contributed by atoms with E-state index >= 15 is 0 Å². The van der Waals surface area contributed by atoms with E-state index < -0.39 is 24.1 Å². The molecule has 2 amide bonds. The minimum absolute atomic E-state index is 0.0956. The van der Waals surface area contributed by atoms with E-state index in [0.717, 1.165) is 16.3 Å². The molecule has 1 aromatic heterocycles. The largest absolute Gasteiger partial charge is 0.461 e. The number of hydrogen-bond donors (Lipinski definition) is 2. The van der Waals surface area contributed by atoms with Crippen LogP contribution in [0.4, 0.5) is 4.79 Å². The van der Waals surface area contributed by atoms with Crippen LogP contribution in [0.2, 0.25) is 0 Å². The summed E-state index contributed by atoms with van der Waals surface area (Å²) < 4.78 is 10.5. The van der Waals surface area contributed by atoms with Gasteiger partial charge in [0, 0.05) is 5.38 Å². The topological polar surface area (TPSA) is 107 Å². The van der Waals surface area contributed by atoms with E-state index in [4.69, 9.17) is 9.47 Å². The van der Waals surface area contributed by atoms with Crippen molar-refractivity contribution in [1.82, 2.24) is 15.6 Å². The molecule has 0 radical (unpaired) electrons. The Labute approximate surface area is 228 Å². The van der Waals surface area contributed by atoms with Crippen molar-refractivity contribution in [3.63, 3.8) is 0 Å². The molecule has 0 saturated heterocycles. The molecule has 3 aromatic rings. The Morgan fingerprint density at radius 3 is 2.32 bits per heavy atom. The monoisotopic (exact) mass is 539 g/mol. The number of rotatable bonds is 12. The Morgan fingerprint density at radius 2 is 1.63 bits per heavy atom. The average molecular weight is 540 g/mol. The zero-order chi connectivity index (χ0) is 27.7. The molecule has 8 nitrogen and oxygen atoms in total. The number of thiazole rings is 1. The van der Waals surface area contributed by atoms with E-state index in [1.165, 1.54) is 11.3 Å². The van der Waals surface area contributed by atoms with Crippen LogP contribution in [0.5, 0.6) is 0 Å². The first-order valence-corrected chi connectivity index (χ1v) is 13.9. The number of nitrogens with one attached hydrogen (secondary N) is 2. The number of amides is 2. The number of alkyl carbamates (subject to hydrolysis) is 1. The molecule has 0 aliphatic rings. The smallest absolute Gasteiger partial charge is 0.408 e. The minimum Gasteiger partial charge on any atom is -0.461 e. The first kappa shape index (κ1) is 29.1. The molecular weight excluding hydrogens is 502 g/mol. The van der Waals surface area contributed by atoms with Gasteiger partial charge in [0.1, 0.15) is 17.7 Å². The Kier molecular flexibility index (Phi) is 10.6. The number of benzene rings is 2. The molecule has 0 aliphatic carbocycles. The molecule has 3 rings (SSSR count). The van der Waals surface area contributed by atoms with Crippen molar-refractivity contribution >= 4 is 40.1 Å². The number of nitrogens with zero attached hydrogens (tertiary/aromatic N) is 1. The highest BCUT2D eigenvalue weighted by Crippen LogP contribution is 2.25. The zero-order valence-electron chi connectivity index (χ0n) is 22.7. The summed E-state index contributed by atoms with van der Waals surface area (Å²) in [6.07, 6.45) is 0.415. The maximum absolute atomic E-state index is 13.3. The van der Waals surface area contributed by atoms with Gasteiger partial charge >= 0.3 is 12.1 Å². The number of hydrogen-bond acceptors (Lipinski definition) is 7. The predicted molar refractivity (Wildman–Crippen MR) is 149 cm³/mol. The van der Waals surface area contributed by atoms with Crippen molar-refractivity contribution in [3.8, 4) is 0 Å². The van der Waals surface area contributed by atoms with Gasteiger partial charge in [0.25, 0.3) is 0 Å². The number of fused-ring (bicyclic) bond motifs is 1. The summed E-state index contributed by atoms with van der Waals surface area (Å²) in [5.41, 5.74) is 1.09. The lowest BCUT2D eigenvalue weighted by molar-refractivity contribution is -0.124. The maximum atomic E-state index is 13.3. The van der Waals surface area contributed by atoms with Crippen molar-refractivity contribution in [2.45, 2.75) is 66.2 Å². The number of ether oxygens (including phenoxy) is 2. The molecule has 204 valence electrons. The van der Waals surface area contributed by atoms with Gasteiger partial charge in [-0.2, -0.15) is 0 Å². The SMILES string of the molecule is CCOC(=O)c1csc(C(CC(C)C)NC(=O)C(CC(C)C)NC(=O)OCc2ccc3ccccc3c2)n1. The summed E-state index contributed by atoms with van der Waals surface area (Å²) in [4.78, 5) is 42.5. The number of esters is 1. The molecule has 38 heavy (non-hydrogen) atoms. The third kappa shape index (κ3) is 8.55. The fourth-order valence-corrected chi connectivity index (χ4v) is 4.93. The van der Waals surface area contributed by atoms with Crippen LogP contribution < -0.4 is 10.6 Å². The van der Waals surface area contributed by atoms with Gasteiger partial charge in [0.2, 0.25) is 5.91 Å². The lowest BCUT2D eigenvalue weighted by Crippen LogP contribution is -2.48. The fourth-order valence-electron chi connectivity index (χ4n) is 4.08. The van der Waals surface area contributed by atoms with Crippen LogP contribution in [0.3, 0.4) is 0 Å². The molecule has 2 N–H and O–H groups in total. The van der Waals surface area contributed by atoms with Crippen LogP contribution in [0, 0.1) is 11.8 Å². The number of carbonyl (C=O) groups is 3. The molecule has 0 aliphatic heterocycles. The summed E-state index contributed by atoms with van der Waals surface area (Å²) in [7, 11) is 0. The normalized spacial score (nSPS) is 12.8. The van der Waals surface area contributed by atoms with E-state index in [2.05, 4.69) is 15.6 Å². The molecule has 0 fully saturated rings. The second-order valence-corrected chi connectivity index (χ2v) is 11.0. The number of aromatic nitrogens is 1.